The van der Waals surface area contributed by atoms with Gasteiger partial charge >= 0.3 is 0 Å². The summed E-state index contributed by atoms with van der Waals surface area (Å²) >= 11 is 0. The fourth-order valence-electron chi connectivity index (χ4n) is 1.52. The second kappa shape index (κ2) is 2.57. The highest BCUT2D eigenvalue weighted by Crippen LogP contribution is 2.33. The minimum atomic E-state index is -1.25. The zero-order valence-electron chi connectivity index (χ0n) is 7.32. The molecule has 3 nitrogen and oxygen atoms in total. The lowest BCUT2D eigenvalue weighted by atomic mass is 9.82. The van der Waals surface area contributed by atoms with E-state index in [1.807, 2.05) is 30.3 Å². The van der Waals surface area contributed by atoms with Gasteiger partial charge in [-0.25, -0.2) is 0 Å². The third kappa shape index (κ3) is 1.12. The van der Waals surface area contributed by atoms with Gasteiger partial charge in [-0.15, -0.1) is 0 Å². The second-order valence-corrected chi connectivity index (χ2v) is 3.46. The number of hydrogen-bond donors (Lipinski definition) is 2. The van der Waals surface area contributed by atoms with Crippen LogP contribution in [0, 0.1) is 0 Å². The molecule has 0 unspecified atom stereocenters. The largest absolute Gasteiger partial charge is 0.378 e. The Kier molecular flexibility index (Phi) is 1.63. The van der Waals surface area contributed by atoms with Gasteiger partial charge < -0.3 is 10.4 Å². The van der Waals surface area contributed by atoms with Gasteiger partial charge in [-0.3, -0.25) is 4.79 Å². The van der Waals surface area contributed by atoms with Gasteiger partial charge in [0.1, 0.15) is 0 Å². The standard InChI is InChI=1S/C10H11NO2/c1-10(13)8(11-9(10)12)7-5-3-2-4-6-7/h2-6,8,13H,1H3,(H,11,12)/t8-,10-/m0/s1. The fourth-order valence-corrected chi connectivity index (χ4v) is 1.52. The molecule has 2 rings (SSSR count). The molecule has 1 heterocycles. The molecule has 1 aromatic rings. The van der Waals surface area contributed by atoms with Crippen LogP contribution in [-0.2, 0) is 4.79 Å². The molecule has 1 fully saturated rings. The monoisotopic (exact) mass is 177 g/mol. The Balaban J connectivity index is 2.27. The molecule has 0 spiro atoms. The van der Waals surface area contributed by atoms with Gasteiger partial charge in [0, 0.05) is 0 Å². The summed E-state index contributed by atoms with van der Waals surface area (Å²) in [5.41, 5.74) is -0.312. The number of amides is 1. The van der Waals surface area contributed by atoms with Crippen molar-refractivity contribution in [2.45, 2.75) is 18.6 Å². The number of rotatable bonds is 1. The highest BCUT2D eigenvalue weighted by atomic mass is 16.3. The molecule has 68 valence electrons. The molecule has 1 saturated heterocycles. The molecule has 0 saturated carbocycles. The van der Waals surface area contributed by atoms with E-state index in [4.69, 9.17) is 0 Å². The van der Waals surface area contributed by atoms with Crippen molar-refractivity contribution in [2.75, 3.05) is 0 Å². The van der Waals surface area contributed by atoms with E-state index in [1.165, 1.54) is 6.92 Å². The van der Waals surface area contributed by atoms with E-state index in [2.05, 4.69) is 5.32 Å². The van der Waals surface area contributed by atoms with Crippen LogP contribution < -0.4 is 5.32 Å². The molecule has 0 radical (unpaired) electrons. The Hall–Kier alpha value is -1.35. The number of β-lactam (4-membered cyclic amide) rings is 1. The molecule has 0 aromatic heterocycles. The van der Waals surface area contributed by atoms with E-state index in [-0.39, 0.29) is 11.9 Å². The Morgan fingerprint density at radius 3 is 2.46 bits per heavy atom. The molecule has 0 aliphatic carbocycles. The highest BCUT2D eigenvalue weighted by molar-refractivity contribution is 5.92. The van der Waals surface area contributed by atoms with Crippen LogP contribution in [-0.4, -0.2) is 16.6 Å². The van der Waals surface area contributed by atoms with Gasteiger partial charge in [0.2, 0.25) is 0 Å². The molecule has 1 aliphatic rings. The van der Waals surface area contributed by atoms with Crippen LogP contribution in [0.3, 0.4) is 0 Å². The second-order valence-electron chi connectivity index (χ2n) is 3.46. The summed E-state index contributed by atoms with van der Waals surface area (Å²) in [5, 5.41) is 12.3. The van der Waals surface area contributed by atoms with Gasteiger partial charge in [0.05, 0.1) is 6.04 Å². The van der Waals surface area contributed by atoms with Gasteiger partial charge in [-0.2, -0.15) is 0 Å². The lowest BCUT2D eigenvalue weighted by Crippen LogP contribution is -2.64. The van der Waals surface area contributed by atoms with Crippen molar-refractivity contribution in [3.05, 3.63) is 35.9 Å². The van der Waals surface area contributed by atoms with Crippen LogP contribution in [0.5, 0.6) is 0 Å². The lowest BCUT2D eigenvalue weighted by molar-refractivity contribution is -0.158. The molecule has 13 heavy (non-hydrogen) atoms. The predicted octanol–water partition coefficient (Wildman–Crippen LogP) is 0.608. The van der Waals surface area contributed by atoms with Crippen molar-refractivity contribution < 1.29 is 9.90 Å². The summed E-state index contributed by atoms with van der Waals surface area (Å²) in [5.74, 6) is -0.304. The topological polar surface area (TPSA) is 49.3 Å². The Morgan fingerprint density at radius 1 is 1.38 bits per heavy atom. The zero-order valence-corrected chi connectivity index (χ0v) is 7.32. The van der Waals surface area contributed by atoms with Gasteiger partial charge in [0.25, 0.3) is 5.91 Å². The maximum Gasteiger partial charge on any atom is 0.254 e. The van der Waals surface area contributed by atoms with E-state index < -0.39 is 5.60 Å². The quantitative estimate of drug-likeness (QED) is 0.617. The van der Waals surface area contributed by atoms with Crippen molar-refractivity contribution in [1.82, 2.24) is 5.32 Å². The SMILES string of the molecule is C[C@@]1(O)C(=O)N[C@H]1c1ccccc1. The first-order valence-corrected chi connectivity index (χ1v) is 4.20. The van der Waals surface area contributed by atoms with Crippen molar-refractivity contribution in [3.8, 4) is 0 Å². The normalized spacial score (nSPS) is 32.2. The van der Waals surface area contributed by atoms with E-state index in [1.54, 1.807) is 0 Å². The summed E-state index contributed by atoms with van der Waals surface area (Å²) in [7, 11) is 0. The number of aliphatic hydroxyl groups is 1. The summed E-state index contributed by atoms with van der Waals surface area (Å²) in [6.45, 7) is 1.53. The molecule has 2 N–H and O–H groups in total. The fraction of sp³-hybridized carbons (Fsp3) is 0.300. The Labute approximate surface area is 76.4 Å². The zero-order chi connectivity index (χ0) is 9.47. The van der Waals surface area contributed by atoms with Crippen molar-refractivity contribution >= 4 is 5.91 Å². The highest BCUT2D eigenvalue weighted by Gasteiger charge is 2.50. The molecule has 1 amide bonds. The average Bonchev–Trinajstić information content (AvgIpc) is 2.15. The lowest BCUT2D eigenvalue weighted by Gasteiger charge is -2.42. The van der Waals surface area contributed by atoms with Gasteiger partial charge in [-0.05, 0) is 12.5 Å². The van der Waals surface area contributed by atoms with Crippen LogP contribution in [0.1, 0.15) is 18.5 Å². The number of nitrogens with one attached hydrogen (secondary N) is 1. The first-order chi connectivity index (χ1) is 6.12. The smallest absolute Gasteiger partial charge is 0.254 e. The third-order valence-corrected chi connectivity index (χ3v) is 2.43. The number of carbonyl (C=O) groups excluding carboxylic acids is 1. The molecule has 3 heteroatoms. The van der Waals surface area contributed by atoms with Crippen LogP contribution in [0.4, 0.5) is 0 Å². The first kappa shape index (κ1) is 8.26. The molecule has 1 aromatic carbocycles. The van der Waals surface area contributed by atoms with Crippen LogP contribution >= 0.6 is 0 Å². The van der Waals surface area contributed by atoms with E-state index in [0.29, 0.717) is 0 Å². The Morgan fingerprint density at radius 2 is 2.00 bits per heavy atom. The number of carbonyl (C=O) groups is 1. The third-order valence-electron chi connectivity index (χ3n) is 2.43. The maximum atomic E-state index is 11.0. The van der Waals surface area contributed by atoms with Crippen LogP contribution in [0.25, 0.3) is 0 Å². The molecular formula is C10H11NO2. The van der Waals surface area contributed by atoms with Crippen LogP contribution in [0.2, 0.25) is 0 Å². The molecule has 1 aliphatic heterocycles. The molecule has 2 atom stereocenters. The van der Waals surface area contributed by atoms with Gasteiger partial charge in [0.15, 0.2) is 5.60 Å². The molecular weight excluding hydrogens is 166 g/mol. The summed E-state index contributed by atoms with van der Waals surface area (Å²) in [6.07, 6.45) is 0. The summed E-state index contributed by atoms with van der Waals surface area (Å²) < 4.78 is 0. The Bertz CT molecular complexity index is 332. The van der Waals surface area contributed by atoms with Crippen molar-refractivity contribution in [3.63, 3.8) is 0 Å². The summed E-state index contributed by atoms with van der Waals surface area (Å²) in [4.78, 5) is 11.0. The van der Waals surface area contributed by atoms with E-state index >= 15 is 0 Å². The minimum Gasteiger partial charge on any atom is -0.378 e. The molecule has 0 bridgehead atoms. The van der Waals surface area contributed by atoms with Gasteiger partial charge in [-0.1, -0.05) is 30.3 Å². The van der Waals surface area contributed by atoms with Crippen LogP contribution in [0.15, 0.2) is 30.3 Å². The van der Waals surface area contributed by atoms with Crippen molar-refractivity contribution in [1.29, 1.82) is 0 Å². The average molecular weight is 177 g/mol. The minimum absolute atomic E-state index is 0.263. The summed E-state index contributed by atoms with van der Waals surface area (Å²) in [6, 6.07) is 9.18. The van der Waals surface area contributed by atoms with E-state index in [9.17, 15) is 9.90 Å². The maximum absolute atomic E-state index is 11.0. The number of hydrogen-bond acceptors (Lipinski definition) is 2. The van der Waals surface area contributed by atoms with Crippen molar-refractivity contribution in [2.24, 2.45) is 0 Å². The number of benzene rings is 1. The predicted molar refractivity (Wildman–Crippen MR) is 47.9 cm³/mol. The van der Waals surface area contributed by atoms with E-state index in [0.717, 1.165) is 5.56 Å². The first-order valence-electron chi connectivity index (χ1n) is 4.20.